The zero-order chi connectivity index (χ0) is 13.2. The second-order valence-corrected chi connectivity index (χ2v) is 4.49. The molecule has 0 aliphatic carbocycles. The molecule has 1 unspecified atom stereocenters. The van der Waals surface area contributed by atoms with Crippen LogP contribution in [0.25, 0.3) is 6.08 Å². The van der Waals surface area contributed by atoms with Crippen LogP contribution in [0.2, 0.25) is 0 Å². The van der Waals surface area contributed by atoms with Gasteiger partial charge in [-0.05, 0) is 31.4 Å². The molecule has 1 atom stereocenters. The van der Waals surface area contributed by atoms with E-state index in [2.05, 4.69) is 6.92 Å². The van der Waals surface area contributed by atoms with Crippen molar-refractivity contribution in [3.05, 3.63) is 42.0 Å². The Labute approximate surface area is 110 Å². The molecule has 0 aromatic heterocycles. The average molecular weight is 246 g/mol. The minimum atomic E-state index is -0.261. The van der Waals surface area contributed by atoms with Gasteiger partial charge in [-0.25, -0.2) is 4.79 Å². The summed E-state index contributed by atoms with van der Waals surface area (Å²) in [6.07, 6.45) is 7.72. The van der Waals surface area contributed by atoms with Crippen LogP contribution in [0.15, 0.2) is 36.4 Å². The summed E-state index contributed by atoms with van der Waals surface area (Å²) < 4.78 is 5.29. The van der Waals surface area contributed by atoms with Crippen molar-refractivity contribution in [2.75, 3.05) is 0 Å². The van der Waals surface area contributed by atoms with Gasteiger partial charge in [0.05, 0.1) is 6.10 Å². The highest BCUT2D eigenvalue weighted by molar-refractivity contribution is 5.87. The third kappa shape index (κ3) is 6.24. The Balaban J connectivity index is 2.30. The molecular weight excluding hydrogens is 224 g/mol. The number of hydrogen-bond donors (Lipinski definition) is 0. The van der Waals surface area contributed by atoms with Gasteiger partial charge >= 0.3 is 5.97 Å². The summed E-state index contributed by atoms with van der Waals surface area (Å²) in [6.45, 7) is 4.11. The number of hydrogen-bond acceptors (Lipinski definition) is 2. The summed E-state index contributed by atoms with van der Waals surface area (Å²) in [5.41, 5.74) is 1.01. The molecule has 2 heteroatoms. The molecule has 1 rings (SSSR count). The van der Waals surface area contributed by atoms with Gasteiger partial charge in [0.15, 0.2) is 0 Å². The highest BCUT2D eigenvalue weighted by Crippen LogP contribution is 2.07. The summed E-state index contributed by atoms with van der Waals surface area (Å²) in [5.74, 6) is -0.261. The molecule has 0 amide bonds. The van der Waals surface area contributed by atoms with Crippen molar-refractivity contribution >= 4 is 12.0 Å². The van der Waals surface area contributed by atoms with E-state index in [1.165, 1.54) is 18.9 Å². The highest BCUT2D eigenvalue weighted by Gasteiger charge is 2.05. The van der Waals surface area contributed by atoms with Crippen LogP contribution >= 0.6 is 0 Å². The molecule has 1 aromatic carbocycles. The maximum atomic E-state index is 11.6. The molecule has 0 bridgehead atoms. The molecule has 0 fully saturated rings. The predicted octanol–water partition coefficient (Wildman–Crippen LogP) is 4.21. The first-order valence-corrected chi connectivity index (χ1v) is 6.66. The van der Waals surface area contributed by atoms with Crippen LogP contribution in [0.5, 0.6) is 0 Å². The summed E-state index contributed by atoms with van der Waals surface area (Å²) in [4.78, 5) is 11.6. The largest absolute Gasteiger partial charge is 0.460 e. The smallest absolute Gasteiger partial charge is 0.331 e. The van der Waals surface area contributed by atoms with E-state index in [1.54, 1.807) is 6.08 Å². The van der Waals surface area contributed by atoms with Crippen LogP contribution < -0.4 is 0 Å². The zero-order valence-corrected chi connectivity index (χ0v) is 11.3. The monoisotopic (exact) mass is 246 g/mol. The number of ether oxygens (including phenoxy) is 1. The fourth-order valence-corrected chi connectivity index (χ4v) is 1.71. The summed E-state index contributed by atoms with van der Waals surface area (Å²) in [7, 11) is 0. The third-order valence-corrected chi connectivity index (χ3v) is 2.74. The molecular formula is C16H22O2. The Bertz CT molecular complexity index is 368. The predicted molar refractivity (Wildman–Crippen MR) is 75.2 cm³/mol. The first kappa shape index (κ1) is 14.5. The molecule has 0 saturated carbocycles. The molecule has 0 heterocycles. The van der Waals surface area contributed by atoms with Gasteiger partial charge in [0.25, 0.3) is 0 Å². The van der Waals surface area contributed by atoms with E-state index in [0.29, 0.717) is 0 Å². The van der Waals surface area contributed by atoms with Gasteiger partial charge in [-0.2, -0.15) is 0 Å². The molecule has 0 saturated heterocycles. The minimum Gasteiger partial charge on any atom is -0.460 e. The maximum absolute atomic E-state index is 11.6. The lowest BCUT2D eigenvalue weighted by Crippen LogP contribution is -2.12. The molecule has 98 valence electrons. The quantitative estimate of drug-likeness (QED) is 0.409. The average Bonchev–Trinajstić information content (AvgIpc) is 2.38. The number of carbonyl (C=O) groups excluding carboxylic acids is 1. The fraction of sp³-hybridized carbons (Fsp3) is 0.438. The molecule has 1 aromatic rings. The molecule has 18 heavy (non-hydrogen) atoms. The summed E-state index contributed by atoms with van der Waals surface area (Å²) >= 11 is 0. The normalized spacial score (nSPS) is 12.6. The van der Waals surface area contributed by atoms with E-state index in [0.717, 1.165) is 18.4 Å². The van der Waals surface area contributed by atoms with Gasteiger partial charge < -0.3 is 4.74 Å². The second kappa shape index (κ2) is 8.51. The Morgan fingerprint density at radius 2 is 2.00 bits per heavy atom. The van der Waals surface area contributed by atoms with Crippen molar-refractivity contribution in [1.29, 1.82) is 0 Å². The van der Waals surface area contributed by atoms with Crippen LogP contribution in [0.1, 0.15) is 45.1 Å². The number of unbranched alkanes of at least 4 members (excludes halogenated alkanes) is 2. The van der Waals surface area contributed by atoms with Crippen molar-refractivity contribution in [3.8, 4) is 0 Å². The summed E-state index contributed by atoms with van der Waals surface area (Å²) in [5, 5.41) is 0. The number of rotatable bonds is 7. The topological polar surface area (TPSA) is 26.3 Å². The molecule has 0 N–H and O–H groups in total. The van der Waals surface area contributed by atoms with Crippen LogP contribution in [-0.4, -0.2) is 12.1 Å². The van der Waals surface area contributed by atoms with Crippen molar-refractivity contribution in [1.82, 2.24) is 0 Å². The Hall–Kier alpha value is -1.57. The number of benzene rings is 1. The number of carbonyl (C=O) groups is 1. The molecule has 0 aliphatic rings. The molecule has 2 nitrogen and oxygen atoms in total. The van der Waals surface area contributed by atoms with Crippen LogP contribution in [0, 0.1) is 0 Å². The lowest BCUT2D eigenvalue weighted by atomic mass is 10.1. The summed E-state index contributed by atoms with van der Waals surface area (Å²) in [6, 6.07) is 9.74. The lowest BCUT2D eigenvalue weighted by Gasteiger charge is -2.10. The van der Waals surface area contributed by atoms with E-state index < -0.39 is 0 Å². The van der Waals surface area contributed by atoms with E-state index in [-0.39, 0.29) is 12.1 Å². The first-order chi connectivity index (χ1) is 8.72. The SMILES string of the molecule is CCCCCC(C)OC(=O)C=Cc1ccccc1. The van der Waals surface area contributed by atoms with Gasteiger partial charge in [-0.1, -0.05) is 50.1 Å². The Kier molecular flexibility index (Phi) is 6.85. The second-order valence-electron chi connectivity index (χ2n) is 4.49. The third-order valence-electron chi connectivity index (χ3n) is 2.74. The number of esters is 1. The first-order valence-electron chi connectivity index (χ1n) is 6.66. The van der Waals surface area contributed by atoms with Gasteiger partial charge in [-0.3, -0.25) is 0 Å². The van der Waals surface area contributed by atoms with Gasteiger partial charge in [-0.15, -0.1) is 0 Å². The van der Waals surface area contributed by atoms with Crippen LogP contribution in [-0.2, 0) is 9.53 Å². The van der Waals surface area contributed by atoms with E-state index in [1.807, 2.05) is 37.3 Å². The van der Waals surface area contributed by atoms with Crippen molar-refractivity contribution in [3.63, 3.8) is 0 Å². The molecule has 0 aliphatic heterocycles. The Morgan fingerprint density at radius 1 is 1.28 bits per heavy atom. The molecule has 0 radical (unpaired) electrons. The van der Waals surface area contributed by atoms with Crippen molar-refractivity contribution in [2.24, 2.45) is 0 Å². The maximum Gasteiger partial charge on any atom is 0.331 e. The minimum absolute atomic E-state index is 0.00414. The standard InChI is InChI=1S/C16H22O2/c1-3-4-6-9-14(2)18-16(17)13-12-15-10-7-5-8-11-15/h5,7-8,10-14H,3-4,6,9H2,1-2H3. The zero-order valence-electron chi connectivity index (χ0n) is 11.3. The van der Waals surface area contributed by atoms with E-state index in [4.69, 9.17) is 4.74 Å². The Morgan fingerprint density at radius 3 is 2.67 bits per heavy atom. The van der Waals surface area contributed by atoms with Crippen LogP contribution in [0.4, 0.5) is 0 Å². The van der Waals surface area contributed by atoms with Crippen LogP contribution in [0.3, 0.4) is 0 Å². The highest BCUT2D eigenvalue weighted by atomic mass is 16.5. The van der Waals surface area contributed by atoms with E-state index >= 15 is 0 Å². The van der Waals surface area contributed by atoms with Gasteiger partial charge in [0, 0.05) is 6.08 Å². The van der Waals surface area contributed by atoms with Crippen molar-refractivity contribution < 1.29 is 9.53 Å². The molecule has 0 spiro atoms. The van der Waals surface area contributed by atoms with Crippen molar-refractivity contribution in [2.45, 2.75) is 45.6 Å². The van der Waals surface area contributed by atoms with Gasteiger partial charge in [0.1, 0.15) is 0 Å². The van der Waals surface area contributed by atoms with Gasteiger partial charge in [0.2, 0.25) is 0 Å². The lowest BCUT2D eigenvalue weighted by molar-refractivity contribution is -0.142. The van der Waals surface area contributed by atoms with E-state index in [9.17, 15) is 4.79 Å². The fourth-order valence-electron chi connectivity index (χ4n) is 1.71.